The standard InChI is InChI=1S/C20H20FN5O/c1-12-5-6-13(24-20(27)26-14-3-2-4-15(26)8-14)7-16(12)18-11-25-19(10-22-18)17(21)9-23-25/h5-7,9-11,14-15H,2-4,8H2,1H3,(H,24,27). The first-order valence-electron chi connectivity index (χ1n) is 9.29. The summed E-state index contributed by atoms with van der Waals surface area (Å²) in [6.07, 6.45) is 8.91. The number of piperidine rings is 1. The van der Waals surface area contributed by atoms with Gasteiger partial charge in [-0.05, 0) is 50.3 Å². The summed E-state index contributed by atoms with van der Waals surface area (Å²) in [7, 11) is 0. The summed E-state index contributed by atoms with van der Waals surface area (Å²) in [5, 5.41) is 7.03. The number of fused-ring (bicyclic) bond motifs is 3. The van der Waals surface area contributed by atoms with Gasteiger partial charge >= 0.3 is 6.03 Å². The summed E-state index contributed by atoms with van der Waals surface area (Å²) in [5.41, 5.74) is 3.66. The van der Waals surface area contributed by atoms with Crippen molar-refractivity contribution in [1.82, 2.24) is 19.5 Å². The molecule has 3 aromatic rings. The molecule has 4 heterocycles. The molecule has 0 radical (unpaired) electrons. The lowest BCUT2D eigenvalue weighted by atomic mass is 9.80. The highest BCUT2D eigenvalue weighted by Gasteiger charge is 2.44. The van der Waals surface area contributed by atoms with E-state index in [1.165, 1.54) is 23.3 Å². The number of nitrogens with zero attached hydrogens (tertiary/aromatic N) is 4. The molecule has 138 valence electrons. The molecule has 2 atom stereocenters. The first-order valence-corrected chi connectivity index (χ1v) is 9.29. The minimum atomic E-state index is -0.396. The Morgan fingerprint density at radius 3 is 2.85 bits per heavy atom. The van der Waals surface area contributed by atoms with E-state index in [0.717, 1.165) is 36.1 Å². The van der Waals surface area contributed by atoms with Gasteiger partial charge in [0.15, 0.2) is 5.82 Å². The molecule has 2 aromatic heterocycles. The second-order valence-electron chi connectivity index (χ2n) is 7.44. The maximum atomic E-state index is 13.6. The van der Waals surface area contributed by atoms with Crippen LogP contribution in [0, 0.1) is 12.7 Å². The number of amides is 2. The van der Waals surface area contributed by atoms with E-state index in [9.17, 15) is 9.18 Å². The number of benzene rings is 1. The lowest BCUT2D eigenvalue weighted by Gasteiger charge is -2.52. The third-order valence-corrected chi connectivity index (χ3v) is 5.76. The Morgan fingerprint density at radius 2 is 2.07 bits per heavy atom. The van der Waals surface area contributed by atoms with Crippen LogP contribution < -0.4 is 5.32 Å². The molecular formula is C20H20FN5O. The van der Waals surface area contributed by atoms with Gasteiger partial charge in [-0.2, -0.15) is 5.10 Å². The van der Waals surface area contributed by atoms with Gasteiger partial charge in [-0.25, -0.2) is 13.7 Å². The lowest BCUT2D eigenvalue weighted by molar-refractivity contribution is 0.0173. The van der Waals surface area contributed by atoms with Crippen molar-refractivity contribution in [1.29, 1.82) is 0 Å². The zero-order valence-electron chi connectivity index (χ0n) is 15.0. The van der Waals surface area contributed by atoms with E-state index in [0.29, 0.717) is 23.3 Å². The summed E-state index contributed by atoms with van der Waals surface area (Å²) in [5.74, 6) is -0.396. The van der Waals surface area contributed by atoms with Crippen LogP contribution in [-0.2, 0) is 0 Å². The van der Waals surface area contributed by atoms with E-state index in [4.69, 9.17) is 0 Å². The number of hydrogen-bond acceptors (Lipinski definition) is 3. The van der Waals surface area contributed by atoms with Crippen molar-refractivity contribution in [2.75, 3.05) is 5.32 Å². The highest BCUT2D eigenvalue weighted by Crippen LogP contribution is 2.38. The number of hydrogen-bond donors (Lipinski definition) is 1. The summed E-state index contributed by atoms with van der Waals surface area (Å²) in [4.78, 5) is 19.0. The number of aryl methyl sites for hydroxylation is 1. The summed E-state index contributed by atoms with van der Waals surface area (Å²) in [6, 6.07) is 6.54. The van der Waals surface area contributed by atoms with Gasteiger partial charge in [0, 0.05) is 23.3 Å². The first kappa shape index (κ1) is 16.2. The van der Waals surface area contributed by atoms with Crippen LogP contribution in [0.5, 0.6) is 0 Å². The van der Waals surface area contributed by atoms with Crippen LogP contribution in [0.15, 0.2) is 36.8 Å². The van der Waals surface area contributed by atoms with Crippen LogP contribution in [0.3, 0.4) is 0 Å². The van der Waals surface area contributed by atoms with Crippen LogP contribution in [0.4, 0.5) is 14.9 Å². The van der Waals surface area contributed by atoms with Gasteiger partial charge in [0.05, 0.1) is 24.3 Å². The van der Waals surface area contributed by atoms with Crippen molar-refractivity contribution in [3.63, 3.8) is 0 Å². The number of halogens is 1. The molecule has 2 amide bonds. The van der Waals surface area contributed by atoms with Crippen molar-refractivity contribution < 1.29 is 9.18 Å². The molecule has 27 heavy (non-hydrogen) atoms. The Bertz CT molecular complexity index is 1030. The zero-order chi connectivity index (χ0) is 18.5. The third kappa shape index (κ3) is 2.65. The molecule has 2 fully saturated rings. The molecule has 5 rings (SSSR count). The number of aromatic nitrogens is 3. The van der Waals surface area contributed by atoms with Crippen molar-refractivity contribution in [2.24, 2.45) is 0 Å². The van der Waals surface area contributed by atoms with Gasteiger partial charge in [-0.3, -0.25) is 4.98 Å². The lowest BCUT2D eigenvalue weighted by Crippen LogP contribution is -2.62. The molecule has 0 aliphatic carbocycles. The molecule has 1 aromatic carbocycles. The number of anilines is 1. The van der Waals surface area contributed by atoms with Crippen molar-refractivity contribution >= 4 is 17.2 Å². The van der Waals surface area contributed by atoms with Crippen molar-refractivity contribution in [3.8, 4) is 11.3 Å². The molecular weight excluding hydrogens is 345 g/mol. The molecule has 2 bridgehead atoms. The molecule has 6 nitrogen and oxygen atoms in total. The molecule has 2 unspecified atom stereocenters. The molecule has 2 aliphatic heterocycles. The van der Waals surface area contributed by atoms with Gasteiger partial charge in [0.2, 0.25) is 0 Å². The Kier molecular flexibility index (Phi) is 3.63. The molecule has 0 spiro atoms. The maximum Gasteiger partial charge on any atom is 0.322 e. The molecule has 2 aliphatic rings. The van der Waals surface area contributed by atoms with Crippen molar-refractivity contribution in [2.45, 2.75) is 44.7 Å². The van der Waals surface area contributed by atoms with Gasteiger partial charge in [0.25, 0.3) is 0 Å². The largest absolute Gasteiger partial charge is 0.322 e. The normalized spacial score (nSPS) is 21.2. The SMILES string of the molecule is Cc1ccc(NC(=O)N2C3CCCC2C3)cc1-c1cn2ncc(F)c2cn1. The van der Waals surface area contributed by atoms with E-state index in [1.54, 1.807) is 6.20 Å². The van der Waals surface area contributed by atoms with Crippen molar-refractivity contribution in [3.05, 3.63) is 48.2 Å². The van der Waals surface area contributed by atoms with Crippen LogP contribution in [0.1, 0.15) is 31.2 Å². The average molecular weight is 365 g/mol. The Balaban J connectivity index is 1.43. The van der Waals surface area contributed by atoms with Gasteiger partial charge < -0.3 is 10.2 Å². The minimum absolute atomic E-state index is 0.0247. The van der Waals surface area contributed by atoms with Crippen LogP contribution in [-0.4, -0.2) is 37.6 Å². The molecule has 7 heteroatoms. The maximum absolute atomic E-state index is 13.6. The topological polar surface area (TPSA) is 62.5 Å². The van der Waals surface area contributed by atoms with E-state index < -0.39 is 5.82 Å². The minimum Gasteiger partial charge on any atom is -0.318 e. The quantitative estimate of drug-likeness (QED) is 0.747. The van der Waals surface area contributed by atoms with Gasteiger partial charge in [-0.1, -0.05) is 6.07 Å². The predicted octanol–water partition coefficient (Wildman–Crippen LogP) is 4.00. The van der Waals surface area contributed by atoms with E-state index in [2.05, 4.69) is 15.4 Å². The Labute approximate surface area is 156 Å². The fourth-order valence-electron chi connectivity index (χ4n) is 4.29. The smallest absolute Gasteiger partial charge is 0.318 e. The number of carbonyl (C=O) groups excluding carboxylic acids is 1. The summed E-state index contributed by atoms with van der Waals surface area (Å²) in [6.45, 7) is 1.98. The zero-order valence-corrected chi connectivity index (χ0v) is 15.0. The third-order valence-electron chi connectivity index (χ3n) is 5.76. The highest BCUT2D eigenvalue weighted by molar-refractivity contribution is 5.91. The fourth-order valence-corrected chi connectivity index (χ4v) is 4.29. The molecule has 2 saturated heterocycles. The predicted molar refractivity (Wildman–Crippen MR) is 100 cm³/mol. The second-order valence-corrected chi connectivity index (χ2v) is 7.44. The summed E-state index contributed by atoms with van der Waals surface area (Å²) < 4.78 is 15.1. The van der Waals surface area contributed by atoms with Crippen LogP contribution in [0.25, 0.3) is 16.8 Å². The average Bonchev–Trinajstić information content (AvgIpc) is 3.04. The van der Waals surface area contributed by atoms with E-state index in [-0.39, 0.29) is 6.03 Å². The number of urea groups is 1. The number of rotatable bonds is 2. The number of nitrogens with one attached hydrogen (secondary N) is 1. The first-order chi connectivity index (χ1) is 13.1. The van der Waals surface area contributed by atoms with Gasteiger partial charge in [-0.15, -0.1) is 0 Å². The monoisotopic (exact) mass is 365 g/mol. The molecule has 1 N–H and O–H groups in total. The fraction of sp³-hybridized carbons (Fsp3) is 0.350. The highest BCUT2D eigenvalue weighted by atomic mass is 19.1. The molecule has 0 saturated carbocycles. The Morgan fingerprint density at radius 1 is 1.26 bits per heavy atom. The second kappa shape index (κ2) is 6.04. The van der Waals surface area contributed by atoms with Gasteiger partial charge in [0.1, 0.15) is 5.52 Å². The Hall–Kier alpha value is -2.96. The number of carbonyl (C=O) groups is 1. The summed E-state index contributed by atoms with van der Waals surface area (Å²) >= 11 is 0. The van der Waals surface area contributed by atoms with Crippen LogP contribution in [0.2, 0.25) is 0 Å². The van der Waals surface area contributed by atoms with E-state index in [1.807, 2.05) is 30.0 Å². The van der Waals surface area contributed by atoms with Crippen LogP contribution >= 0.6 is 0 Å². The van der Waals surface area contributed by atoms with E-state index >= 15 is 0 Å².